The van der Waals surface area contributed by atoms with Gasteiger partial charge in [-0.15, -0.1) is 0 Å². The molecule has 0 aromatic heterocycles. The molecule has 170 valence electrons. The van der Waals surface area contributed by atoms with Gasteiger partial charge < -0.3 is 9.47 Å². The summed E-state index contributed by atoms with van der Waals surface area (Å²) in [7, 11) is 0. The molecule has 0 aromatic carbocycles. The first-order valence-corrected chi connectivity index (χ1v) is 13.3. The van der Waals surface area contributed by atoms with Crippen LogP contribution in [-0.4, -0.2) is 19.0 Å². The van der Waals surface area contributed by atoms with E-state index < -0.39 is 0 Å². The lowest BCUT2D eigenvalue weighted by atomic mass is 9.47. The molecule has 1 heterocycles. The number of rotatable bonds is 5. The van der Waals surface area contributed by atoms with Gasteiger partial charge in [-0.3, -0.25) is 0 Å². The van der Waals surface area contributed by atoms with Gasteiger partial charge in [0.25, 0.3) is 0 Å². The van der Waals surface area contributed by atoms with Gasteiger partial charge in [-0.25, -0.2) is 0 Å². The van der Waals surface area contributed by atoms with Crippen LogP contribution in [0.2, 0.25) is 0 Å². The Morgan fingerprint density at radius 1 is 1.00 bits per heavy atom. The molecule has 3 saturated carbocycles. The molecule has 4 aliphatic carbocycles. The fourth-order valence-corrected chi connectivity index (χ4v) is 9.32. The minimum atomic E-state index is -0.304. The third kappa shape index (κ3) is 3.43. The van der Waals surface area contributed by atoms with Crippen LogP contribution in [0.5, 0.6) is 0 Å². The van der Waals surface area contributed by atoms with E-state index in [2.05, 4.69) is 33.8 Å². The standard InChI is InChI=1S/C28H46O2/c1-20(8-7-16-28(4)29-18-19-30-28)23-12-13-24-22-11-10-21-9-5-6-15-26(21,2)25(22)14-17-27(23,24)3/h10,20,22-25H,5-9,11-19H2,1-4H3/t20-,22+,23-,24+,25+,26+,27-/m1/s1. The zero-order valence-electron chi connectivity index (χ0n) is 20.2. The monoisotopic (exact) mass is 414 g/mol. The largest absolute Gasteiger partial charge is 0.348 e. The van der Waals surface area contributed by atoms with Crippen LogP contribution in [0.15, 0.2) is 11.6 Å². The maximum Gasteiger partial charge on any atom is 0.165 e. The SMILES string of the molecule is C[C@H](CCCC1(C)OCCO1)[C@H]1CC[C@H]2[C@@H]3CC=C4CCCC[C@]4(C)[C@H]3CC[C@]12C. The van der Waals surface area contributed by atoms with Crippen molar-refractivity contribution in [2.75, 3.05) is 13.2 Å². The van der Waals surface area contributed by atoms with Crippen LogP contribution >= 0.6 is 0 Å². The maximum absolute atomic E-state index is 5.84. The normalized spacial score (nSPS) is 45.9. The highest BCUT2D eigenvalue weighted by atomic mass is 16.7. The van der Waals surface area contributed by atoms with Crippen molar-refractivity contribution < 1.29 is 9.47 Å². The maximum atomic E-state index is 5.84. The van der Waals surface area contributed by atoms with E-state index in [1.54, 1.807) is 0 Å². The number of hydrogen-bond acceptors (Lipinski definition) is 2. The molecule has 0 amide bonds. The first-order chi connectivity index (χ1) is 14.4. The fraction of sp³-hybridized carbons (Fsp3) is 0.929. The molecule has 0 spiro atoms. The highest BCUT2D eigenvalue weighted by molar-refractivity contribution is 5.24. The Kier molecular flexibility index (Phi) is 5.67. The average molecular weight is 415 g/mol. The van der Waals surface area contributed by atoms with Crippen molar-refractivity contribution in [1.29, 1.82) is 0 Å². The van der Waals surface area contributed by atoms with Gasteiger partial charge in [0.1, 0.15) is 0 Å². The summed E-state index contributed by atoms with van der Waals surface area (Å²) in [5.41, 5.74) is 2.98. The van der Waals surface area contributed by atoms with Gasteiger partial charge in [0.2, 0.25) is 0 Å². The van der Waals surface area contributed by atoms with Crippen LogP contribution in [-0.2, 0) is 9.47 Å². The van der Waals surface area contributed by atoms with Crippen LogP contribution in [0.3, 0.4) is 0 Å². The predicted molar refractivity (Wildman–Crippen MR) is 123 cm³/mol. The smallest absolute Gasteiger partial charge is 0.165 e. The summed E-state index contributed by atoms with van der Waals surface area (Å²) in [5, 5.41) is 0. The number of allylic oxidation sites excluding steroid dienone is 2. The van der Waals surface area contributed by atoms with E-state index in [0.717, 1.165) is 49.2 Å². The van der Waals surface area contributed by atoms with E-state index in [1.807, 2.05) is 5.57 Å². The first-order valence-electron chi connectivity index (χ1n) is 13.3. The summed E-state index contributed by atoms with van der Waals surface area (Å²) in [6.45, 7) is 11.6. The van der Waals surface area contributed by atoms with Crippen LogP contribution in [0, 0.1) is 40.4 Å². The van der Waals surface area contributed by atoms with Crippen molar-refractivity contribution in [2.24, 2.45) is 40.4 Å². The molecule has 5 aliphatic rings. The highest BCUT2D eigenvalue weighted by Gasteiger charge is 2.58. The third-order valence-corrected chi connectivity index (χ3v) is 11.0. The van der Waals surface area contributed by atoms with Gasteiger partial charge in [0.05, 0.1) is 13.2 Å². The summed E-state index contributed by atoms with van der Waals surface area (Å²) < 4.78 is 11.7. The summed E-state index contributed by atoms with van der Waals surface area (Å²) in [6.07, 6.45) is 19.5. The molecule has 4 fully saturated rings. The molecule has 2 nitrogen and oxygen atoms in total. The Morgan fingerprint density at radius 2 is 1.80 bits per heavy atom. The van der Waals surface area contributed by atoms with E-state index in [-0.39, 0.29) is 5.79 Å². The van der Waals surface area contributed by atoms with Crippen LogP contribution in [0.25, 0.3) is 0 Å². The minimum absolute atomic E-state index is 0.304. The lowest BCUT2D eigenvalue weighted by Gasteiger charge is -2.58. The number of ether oxygens (including phenoxy) is 2. The second kappa shape index (κ2) is 7.91. The van der Waals surface area contributed by atoms with Crippen molar-refractivity contribution >= 4 is 0 Å². The van der Waals surface area contributed by atoms with Gasteiger partial charge >= 0.3 is 0 Å². The molecule has 2 heteroatoms. The van der Waals surface area contributed by atoms with Gasteiger partial charge in [-0.2, -0.15) is 0 Å². The average Bonchev–Trinajstić information content (AvgIpc) is 3.30. The first kappa shape index (κ1) is 21.5. The molecule has 7 atom stereocenters. The zero-order chi connectivity index (χ0) is 21.0. The quantitative estimate of drug-likeness (QED) is 0.433. The molecule has 5 rings (SSSR count). The lowest BCUT2D eigenvalue weighted by molar-refractivity contribution is -0.148. The predicted octanol–water partition coefficient (Wildman–Crippen LogP) is 7.52. The zero-order valence-corrected chi connectivity index (χ0v) is 20.2. The minimum Gasteiger partial charge on any atom is -0.348 e. The molecule has 0 bridgehead atoms. The Balaban J connectivity index is 1.25. The second-order valence-corrected chi connectivity index (χ2v) is 12.4. The van der Waals surface area contributed by atoms with Gasteiger partial charge in [-0.1, -0.05) is 45.3 Å². The molecule has 1 saturated heterocycles. The molecule has 0 aromatic rings. The summed E-state index contributed by atoms with van der Waals surface area (Å²) >= 11 is 0. The molecule has 0 N–H and O–H groups in total. The number of fused-ring (bicyclic) bond motifs is 5. The molecule has 30 heavy (non-hydrogen) atoms. The Labute approximate surface area is 185 Å². The van der Waals surface area contributed by atoms with Crippen molar-refractivity contribution in [2.45, 2.75) is 111 Å². The summed E-state index contributed by atoms with van der Waals surface area (Å²) in [5.74, 6) is 4.36. The Morgan fingerprint density at radius 3 is 2.60 bits per heavy atom. The molecule has 0 radical (unpaired) electrons. The van der Waals surface area contributed by atoms with E-state index in [0.29, 0.717) is 10.8 Å². The van der Waals surface area contributed by atoms with Gasteiger partial charge in [-0.05, 0) is 105 Å². The van der Waals surface area contributed by atoms with Crippen molar-refractivity contribution in [1.82, 2.24) is 0 Å². The summed E-state index contributed by atoms with van der Waals surface area (Å²) in [4.78, 5) is 0. The van der Waals surface area contributed by atoms with Gasteiger partial charge in [0, 0.05) is 6.42 Å². The number of hydrogen-bond donors (Lipinski definition) is 0. The highest BCUT2D eigenvalue weighted by Crippen LogP contribution is 2.67. The van der Waals surface area contributed by atoms with Crippen LogP contribution in [0.1, 0.15) is 105 Å². The van der Waals surface area contributed by atoms with Crippen LogP contribution < -0.4 is 0 Å². The van der Waals surface area contributed by atoms with Crippen LogP contribution in [0.4, 0.5) is 0 Å². The third-order valence-electron chi connectivity index (χ3n) is 11.0. The van der Waals surface area contributed by atoms with E-state index in [9.17, 15) is 0 Å². The van der Waals surface area contributed by atoms with E-state index in [1.165, 1.54) is 70.6 Å². The molecular weight excluding hydrogens is 368 g/mol. The van der Waals surface area contributed by atoms with E-state index >= 15 is 0 Å². The van der Waals surface area contributed by atoms with Crippen molar-refractivity contribution in [3.63, 3.8) is 0 Å². The molecule has 1 aliphatic heterocycles. The summed E-state index contributed by atoms with van der Waals surface area (Å²) in [6, 6.07) is 0. The van der Waals surface area contributed by atoms with Crippen molar-refractivity contribution in [3.05, 3.63) is 11.6 Å². The van der Waals surface area contributed by atoms with Crippen molar-refractivity contribution in [3.8, 4) is 0 Å². The Bertz CT molecular complexity index is 662. The topological polar surface area (TPSA) is 18.5 Å². The molecular formula is C28H46O2. The second-order valence-electron chi connectivity index (χ2n) is 12.4. The van der Waals surface area contributed by atoms with E-state index in [4.69, 9.17) is 9.47 Å². The lowest BCUT2D eigenvalue weighted by Crippen LogP contribution is -2.50. The fourth-order valence-electron chi connectivity index (χ4n) is 9.32. The van der Waals surface area contributed by atoms with Gasteiger partial charge in [0.15, 0.2) is 5.79 Å². The Hall–Kier alpha value is -0.340. The molecule has 0 unspecified atom stereocenters.